The highest BCUT2D eigenvalue weighted by atomic mass is 16.3. The van der Waals surface area contributed by atoms with Crippen LogP contribution in [0, 0.1) is 6.92 Å². The van der Waals surface area contributed by atoms with Gasteiger partial charge in [-0.15, -0.1) is 0 Å². The van der Waals surface area contributed by atoms with E-state index in [0.29, 0.717) is 24.3 Å². The van der Waals surface area contributed by atoms with Gasteiger partial charge in [0.15, 0.2) is 0 Å². The molecule has 0 aliphatic carbocycles. The van der Waals surface area contributed by atoms with Crippen molar-refractivity contribution < 1.29 is 9.21 Å². The van der Waals surface area contributed by atoms with Crippen molar-refractivity contribution in [2.75, 3.05) is 6.54 Å². The molecule has 112 valence electrons. The Bertz CT molecular complexity index is 644. The van der Waals surface area contributed by atoms with Crippen LogP contribution in [0.25, 0.3) is 0 Å². The van der Waals surface area contributed by atoms with E-state index in [1.165, 1.54) is 6.07 Å². The van der Waals surface area contributed by atoms with Gasteiger partial charge in [-0.25, -0.2) is 0 Å². The molecule has 0 spiro atoms. The van der Waals surface area contributed by atoms with Gasteiger partial charge in [-0.1, -0.05) is 13.3 Å². The molecule has 1 amide bonds. The average molecular weight is 288 g/mol. The van der Waals surface area contributed by atoms with Gasteiger partial charge in [0.1, 0.15) is 5.76 Å². The summed E-state index contributed by atoms with van der Waals surface area (Å²) >= 11 is 0. The quantitative estimate of drug-likeness (QED) is 0.888. The van der Waals surface area contributed by atoms with Crippen LogP contribution >= 0.6 is 0 Å². The van der Waals surface area contributed by atoms with Gasteiger partial charge in [0, 0.05) is 23.9 Å². The minimum atomic E-state index is -0.258. The van der Waals surface area contributed by atoms with Gasteiger partial charge in [0.05, 0.1) is 12.8 Å². The minimum Gasteiger partial charge on any atom is -0.467 e. The smallest absolute Gasteiger partial charge is 0.254 e. The summed E-state index contributed by atoms with van der Waals surface area (Å²) in [4.78, 5) is 28.5. The summed E-state index contributed by atoms with van der Waals surface area (Å²) in [6.45, 7) is 4.90. The summed E-state index contributed by atoms with van der Waals surface area (Å²) in [5.74, 6) is 0.593. The largest absolute Gasteiger partial charge is 0.467 e. The van der Waals surface area contributed by atoms with Crippen LogP contribution in [0.3, 0.4) is 0 Å². The Balaban J connectivity index is 2.22. The Morgan fingerprint density at radius 2 is 2.19 bits per heavy atom. The Morgan fingerprint density at radius 1 is 1.38 bits per heavy atom. The number of hydrogen-bond acceptors (Lipinski definition) is 3. The standard InChI is InChI=1S/C16H20N2O3/c1-3-4-7-18(11-14-6-5-8-21-14)16(20)13-9-12(2)17-15(19)10-13/h5-6,8-10H,3-4,7,11H2,1-2H3,(H,17,19). The van der Waals surface area contributed by atoms with Crippen LogP contribution in [-0.4, -0.2) is 22.3 Å². The maximum Gasteiger partial charge on any atom is 0.254 e. The number of hydrogen-bond donors (Lipinski definition) is 1. The van der Waals surface area contributed by atoms with E-state index in [9.17, 15) is 9.59 Å². The third-order valence-corrected chi connectivity index (χ3v) is 3.22. The number of amides is 1. The fraction of sp³-hybridized carbons (Fsp3) is 0.375. The van der Waals surface area contributed by atoms with Crippen molar-refractivity contribution in [1.29, 1.82) is 0 Å². The average Bonchev–Trinajstić information content (AvgIpc) is 2.94. The Labute approximate surface area is 123 Å². The number of nitrogens with zero attached hydrogens (tertiary/aromatic N) is 1. The van der Waals surface area contributed by atoms with Crippen molar-refractivity contribution in [3.05, 3.63) is 57.9 Å². The number of aromatic amines is 1. The van der Waals surface area contributed by atoms with Crippen LogP contribution in [0.1, 0.15) is 41.6 Å². The highest BCUT2D eigenvalue weighted by Crippen LogP contribution is 2.11. The molecule has 0 aliphatic heterocycles. The van der Waals surface area contributed by atoms with Crippen LogP contribution < -0.4 is 5.56 Å². The molecule has 0 aliphatic rings. The van der Waals surface area contributed by atoms with Crippen LogP contribution in [-0.2, 0) is 6.54 Å². The van der Waals surface area contributed by atoms with Crippen molar-refractivity contribution in [2.24, 2.45) is 0 Å². The van der Waals surface area contributed by atoms with Crippen molar-refractivity contribution >= 4 is 5.91 Å². The number of nitrogens with one attached hydrogen (secondary N) is 1. The molecule has 0 aromatic carbocycles. The highest BCUT2D eigenvalue weighted by molar-refractivity contribution is 5.94. The molecule has 2 heterocycles. The summed E-state index contributed by atoms with van der Waals surface area (Å²) in [6, 6.07) is 6.69. The Hall–Kier alpha value is -2.30. The maximum atomic E-state index is 12.6. The van der Waals surface area contributed by atoms with E-state index in [0.717, 1.165) is 18.6 Å². The first kappa shape index (κ1) is 15.1. The Kier molecular flexibility index (Phi) is 4.98. The fourth-order valence-corrected chi connectivity index (χ4v) is 2.18. The number of carbonyl (C=O) groups excluding carboxylic acids is 1. The third-order valence-electron chi connectivity index (χ3n) is 3.22. The topological polar surface area (TPSA) is 66.3 Å². The number of unbranched alkanes of at least 4 members (excludes halogenated alkanes) is 1. The Morgan fingerprint density at radius 3 is 2.81 bits per heavy atom. The first-order valence-corrected chi connectivity index (χ1v) is 7.12. The molecule has 2 aromatic rings. The third kappa shape index (κ3) is 4.08. The fourth-order valence-electron chi connectivity index (χ4n) is 2.18. The van der Waals surface area contributed by atoms with E-state index in [1.54, 1.807) is 30.2 Å². The van der Waals surface area contributed by atoms with E-state index < -0.39 is 0 Å². The van der Waals surface area contributed by atoms with Crippen LogP contribution in [0.15, 0.2) is 39.7 Å². The summed E-state index contributed by atoms with van der Waals surface area (Å²) < 4.78 is 5.32. The SMILES string of the molecule is CCCCN(Cc1ccco1)C(=O)c1cc(C)[nH]c(=O)c1. The zero-order chi connectivity index (χ0) is 15.2. The van der Waals surface area contributed by atoms with Crippen molar-refractivity contribution in [2.45, 2.75) is 33.2 Å². The van der Waals surface area contributed by atoms with Gasteiger partial charge < -0.3 is 14.3 Å². The molecule has 0 radical (unpaired) electrons. The van der Waals surface area contributed by atoms with E-state index in [-0.39, 0.29) is 11.5 Å². The summed E-state index contributed by atoms with van der Waals surface area (Å²) in [7, 11) is 0. The second kappa shape index (κ2) is 6.92. The first-order chi connectivity index (χ1) is 10.1. The molecule has 21 heavy (non-hydrogen) atoms. The van der Waals surface area contributed by atoms with Crippen LogP contribution in [0.5, 0.6) is 0 Å². The molecule has 2 aromatic heterocycles. The van der Waals surface area contributed by atoms with Crippen LogP contribution in [0.2, 0.25) is 0 Å². The van der Waals surface area contributed by atoms with Crippen molar-refractivity contribution in [3.8, 4) is 0 Å². The molecule has 0 unspecified atom stereocenters. The lowest BCUT2D eigenvalue weighted by Gasteiger charge is -2.21. The molecule has 0 bridgehead atoms. The van der Waals surface area contributed by atoms with Gasteiger partial charge in [0.2, 0.25) is 5.56 Å². The van der Waals surface area contributed by atoms with E-state index in [2.05, 4.69) is 11.9 Å². The lowest BCUT2D eigenvalue weighted by Crippen LogP contribution is -2.32. The number of aryl methyl sites for hydroxylation is 1. The number of rotatable bonds is 6. The second-order valence-corrected chi connectivity index (χ2v) is 5.08. The molecule has 1 N–H and O–H groups in total. The van der Waals surface area contributed by atoms with Gasteiger partial charge in [0.25, 0.3) is 5.91 Å². The zero-order valence-electron chi connectivity index (χ0n) is 12.4. The molecule has 0 saturated heterocycles. The van der Waals surface area contributed by atoms with Crippen molar-refractivity contribution in [3.63, 3.8) is 0 Å². The molecule has 5 heteroatoms. The molecule has 0 saturated carbocycles. The van der Waals surface area contributed by atoms with Gasteiger partial charge in [-0.05, 0) is 31.5 Å². The molecular formula is C16H20N2O3. The second-order valence-electron chi connectivity index (χ2n) is 5.08. The number of carbonyl (C=O) groups is 1. The van der Waals surface area contributed by atoms with Crippen LogP contribution in [0.4, 0.5) is 0 Å². The van der Waals surface area contributed by atoms with Crippen molar-refractivity contribution in [1.82, 2.24) is 9.88 Å². The lowest BCUT2D eigenvalue weighted by atomic mass is 10.2. The molecular weight excluding hydrogens is 268 g/mol. The van der Waals surface area contributed by atoms with Gasteiger partial charge in [-0.3, -0.25) is 9.59 Å². The number of aromatic nitrogens is 1. The number of furan rings is 1. The van der Waals surface area contributed by atoms with E-state index >= 15 is 0 Å². The number of pyridine rings is 1. The molecule has 0 fully saturated rings. The predicted molar refractivity (Wildman–Crippen MR) is 80.2 cm³/mol. The molecule has 5 nitrogen and oxygen atoms in total. The van der Waals surface area contributed by atoms with E-state index in [1.807, 2.05) is 6.07 Å². The first-order valence-electron chi connectivity index (χ1n) is 7.12. The lowest BCUT2D eigenvalue weighted by molar-refractivity contribution is 0.0728. The maximum absolute atomic E-state index is 12.6. The summed E-state index contributed by atoms with van der Waals surface area (Å²) in [5.41, 5.74) is 0.838. The zero-order valence-corrected chi connectivity index (χ0v) is 12.4. The predicted octanol–water partition coefficient (Wildman–Crippen LogP) is 2.72. The minimum absolute atomic E-state index is 0.144. The van der Waals surface area contributed by atoms with Gasteiger partial charge >= 0.3 is 0 Å². The monoisotopic (exact) mass is 288 g/mol. The van der Waals surface area contributed by atoms with E-state index in [4.69, 9.17) is 4.42 Å². The highest BCUT2D eigenvalue weighted by Gasteiger charge is 2.17. The summed E-state index contributed by atoms with van der Waals surface area (Å²) in [6.07, 6.45) is 3.50. The summed E-state index contributed by atoms with van der Waals surface area (Å²) in [5, 5.41) is 0. The van der Waals surface area contributed by atoms with Gasteiger partial charge in [-0.2, -0.15) is 0 Å². The normalized spacial score (nSPS) is 10.6. The number of H-pyrrole nitrogens is 1. The molecule has 0 atom stereocenters. The molecule has 2 rings (SSSR count).